The average molecular weight is 264 g/mol. The van der Waals surface area contributed by atoms with Crippen LogP contribution in [0.3, 0.4) is 0 Å². The van der Waals surface area contributed by atoms with Crippen LogP contribution >= 0.6 is 0 Å². The summed E-state index contributed by atoms with van der Waals surface area (Å²) in [5.41, 5.74) is 7.00. The number of aryl methyl sites for hydroxylation is 1. The van der Waals surface area contributed by atoms with Crippen molar-refractivity contribution in [2.45, 2.75) is 39.4 Å². The molecule has 0 bridgehead atoms. The van der Waals surface area contributed by atoms with Crippen molar-refractivity contribution in [3.8, 4) is 0 Å². The number of hydrogen-bond donors (Lipinski definition) is 2. The third kappa shape index (κ3) is 3.58. The number of nitrogens with zero attached hydrogens (tertiary/aromatic N) is 2. The zero-order valence-corrected chi connectivity index (χ0v) is 12.0. The van der Waals surface area contributed by atoms with Crippen molar-refractivity contribution in [3.05, 3.63) is 28.2 Å². The molecule has 5 heteroatoms. The van der Waals surface area contributed by atoms with Gasteiger partial charge in [-0.05, 0) is 32.4 Å². The number of hydrogen-bond acceptors (Lipinski definition) is 4. The minimum absolute atomic E-state index is 0.0816. The van der Waals surface area contributed by atoms with E-state index in [-0.39, 0.29) is 5.56 Å². The van der Waals surface area contributed by atoms with E-state index in [0.717, 1.165) is 25.2 Å². The number of pyridine rings is 1. The standard InChI is InChI=1S/C14H24N4O/c1-10-6-13(15)14(19)18(7-10)5-4-17-8-11(2)16-12(3)9-17/h6-7,11-12,16H,4-5,8-9,15H2,1-3H3. The maximum atomic E-state index is 11.9. The van der Waals surface area contributed by atoms with Gasteiger partial charge in [0.15, 0.2) is 0 Å². The van der Waals surface area contributed by atoms with E-state index in [1.165, 1.54) is 0 Å². The predicted molar refractivity (Wildman–Crippen MR) is 78.4 cm³/mol. The van der Waals surface area contributed by atoms with Crippen LogP contribution in [0.25, 0.3) is 0 Å². The normalized spacial score (nSPS) is 24.6. The number of piperazine rings is 1. The summed E-state index contributed by atoms with van der Waals surface area (Å²) < 4.78 is 1.72. The molecule has 0 spiro atoms. The van der Waals surface area contributed by atoms with Gasteiger partial charge in [0, 0.05) is 44.5 Å². The van der Waals surface area contributed by atoms with E-state index >= 15 is 0 Å². The smallest absolute Gasteiger partial charge is 0.273 e. The number of rotatable bonds is 3. The van der Waals surface area contributed by atoms with E-state index in [1.807, 2.05) is 13.1 Å². The Morgan fingerprint density at radius 1 is 1.32 bits per heavy atom. The third-order valence-corrected chi connectivity index (χ3v) is 3.54. The zero-order valence-electron chi connectivity index (χ0n) is 12.0. The number of anilines is 1. The van der Waals surface area contributed by atoms with Gasteiger partial charge >= 0.3 is 0 Å². The second-order valence-electron chi connectivity index (χ2n) is 5.70. The van der Waals surface area contributed by atoms with Crippen LogP contribution in [0.2, 0.25) is 0 Å². The SMILES string of the molecule is Cc1cc(N)c(=O)n(CCN2CC(C)NC(C)C2)c1. The molecule has 1 aromatic heterocycles. The van der Waals surface area contributed by atoms with E-state index < -0.39 is 0 Å². The van der Waals surface area contributed by atoms with Crippen molar-refractivity contribution in [2.75, 3.05) is 25.4 Å². The fraction of sp³-hybridized carbons (Fsp3) is 0.643. The summed E-state index contributed by atoms with van der Waals surface area (Å²) in [5.74, 6) is 0. The first-order chi connectivity index (χ1) is 8.95. The lowest BCUT2D eigenvalue weighted by Gasteiger charge is -2.36. The third-order valence-electron chi connectivity index (χ3n) is 3.54. The summed E-state index contributed by atoms with van der Waals surface area (Å²) in [4.78, 5) is 14.3. The van der Waals surface area contributed by atoms with E-state index in [4.69, 9.17) is 5.73 Å². The Bertz CT molecular complexity index is 487. The Morgan fingerprint density at radius 3 is 2.58 bits per heavy atom. The van der Waals surface area contributed by atoms with Crippen LogP contribution in [0.15, 0.2) is 17.1 Å². The summed E-state index contributed by atoms with van der Waals surface area (Å²) >= 11 is 0. The molecule has 1 aliphatic heterocycles. The van der Waals surface area contributed by atoms with E-state index in [2.05, 4.69) is 24.1 Å². The van der Waals surface area contributed by atoms with E-state index in [9.17, 15) is 4.79 Å². The Morgan fingerprint density at radius 2 is 1.95 bits per heavy atom. The van der Waals surface area contributed by atoms with E-state index in [0.29, 0.717) is 24.3 Å². The minimum atomic E-state index is -0.0816. The molecule has 1 aliphatic rings. The van der Waals surface area contributed by atoms with Crippen LogP contribution in [0.1, 0.15) is 19.4 Å². The maximum absolute atomic E-state index is 11.9. The van der Waals surface area contributed by atoms with Gasteiger partial charge in [-0.2, -0.15) is 0 Å². The number of nitrogens with two attached hydrogens (primary N) is 1. The second kappa shape index (κ2) is 5.75. The van der Waals surface area contributed by atoms with Gasteiger partial charge in [0.25, 0.3) is 5.56 Å². The molecule has 0 aromatic carbocycles. The number of nitrogens with one attached hydrogen (secondary N) is 1. The Hall–Kier alpha value is -1.33. The molecule has 1 saturated heterocycles. The van der Waals surface area contributed by atoms with Crippen molar-refractivity contribution in [3.63, 3.8) is 0 Å². The number of nitrogen functional groups attached to an aromatic ring is 1. The van der Waals surface area contributed by atoms with Gasteiger partial charge in [-0.3, -0.25) is 9.69 Å². The molecule has 0 aliphatic carbocycles. The summed E-state index contributed by atoms with van der Waals surface area (Å²) in [6.45, 7) is 9.99. The van der Waals surface area contributed by atoms with Crippen molar-refractivity contribution in [1.82, 2.24) is 14.8 Å². The first-order valence-electron chi connectivity index (χ1n) is 6.90. The van der Waals surface area contributed by atoms with Crippen molar-refractivity contribution in [1.29, 1.82) is 0 Å². The summed E-state index contributed by atoms with van der Waals surface area (Å²) in [7, 11) is 0. The fourth-order valence-electron chi connectivity index (χ4n) is 2.85. The quantitative estimate of drug-likeness (QED) is 0.830. The topological polar surface area (TPSA) is 63.3 Å². The van der Waals surface area contributed by atoms with Gasteiger partial charge in [0.05, 0.1) is 5.69 Å². The minimum Gasteiger partial charge on any atom is -0.394 e. The second-order valence-corrected chi connectivity index (χ2v) is 5.70. The first kappa shape index (κ1) is 14.1. The zero-order chi connectivity index (χ0) is 14.0. The Balaban J connectivity index is 2.01. The molecule has 106 valence electrons. The molecule has 19 heavy (non-hydrogen) atoms. The lowest BCUT2D eigenvalue weighted by atomic mass is 10.1. The van der Waals surface area contributed by atoms with Crippen molar-refractivity contribution >= 4 is 5.69 Å². The fourth-order valence-corrected chi connectivity index (χ4v) is 2.85. The molecular formula is C14H24N4O. The summed E-state index contributed by atoms with van der Waals surface area (Å²) in [6.07, 6.45) is 1.88. The van der Waals surface area contributed by atoms with Crippen LogP contribution in [0, 0.1) is 6.92 Å². The Labute approximate surface area is 114 Å². The Kier molecular flexibility index (Phi) is 4.27. The highest BCUT2D eigenvalue weighted by molar-refractivity contribution is 5.37. The van der Waals surface area contributed by atoms with Crippen LogP contribution < -0.4 is 16.6 Å². The largest absolute Gasteiger partial charge is 0.394 e. The van der Waals surface area contributed by atoms with Gasteiger partial charge in [-0.15, -0.1) is 0 Å². The summed E-state index contributed by atoms with van der Waals surface area (Å²) in [6, 6.07) is 2.74. The first-order valence-corrected chi connectivity index (χ1v) is 6.90. The van der Waals surface area contributed by atoms with Gasteiger partial charge < -0.3 is 15.6 Å². The highest BCUT2D eigenvalue weighted by atomic mass is 16.1. The molecule has 2 atom stereocenters. The molecule has 2 unspecified atom stereocenters. The van der Waals surface area contributed by atoms with Crippen LogP contribution in [-0.4, -0.2) is 41.2 Å². The van der Waals surface area contributed by atoms with Crippen molar-refractivity contribution in [2.24, 2.45) is 0 Å². The molecule has 3 N–H and O–H groups in total. The molecule has 0 saturated carbocycles. The van der Waals surface area contributed by atoms with Gasteiger partial charge in [-0.25, -0.2) is 0 Å². The highest BCUT2D eigenvalue weighted by Gasteiger charge is 2.20. The lowest BCUT2D eigenvalue weighted by Crippen LogP contribution is -2.54. The van der Waals surface area contributed by atoms with Crippen LogP contribution in [-0.2, 0) is 6.54 Å². The molecule has 5 nitrogen and oxygen atoms in total. The molecule has 0 radical (unpaired) electrons. The maximum Gasteiger partial charge on any atom is 0.273 e. The van der Waals surface area contributed by atoms with Crippen LogP contribution in [0.4, 0.5) is 5.69 Å². The molecule has 0 amide bonds. The summed E-state index contributed by atoms with van der Waals surface area (Å²) in [5, 5.41) is 3.51. The molecule has 1 fully saturated rings. The van der Waals surface area contributed by atoms with Gasteiger partial charge in [-0.1, -0.05) is 0 Å². The molecule has 1 aromatic rings. The predicted octanol–water partition coefficient (Wildman–Crippen LogP) is 0.421. The number of aromatic nitrogens is 1. The van der Waals surface area contributed by atoms with Gasteiger partial charge in [0.1, 0.15) is 0 Å². The van der Waals surface area contributed by atoms with Crippen molar-refractivity contribution < 1.29 is 0 Å². The molecule has 2 rings (SSSR count). The highest BCUT2D eigenvalue weighted by Crippen LogP contribution is 2.05. The lowest BCUT2D eigenvalue weighted by molar-refractivity contribution is 0.168. The molecule has 2 heterocycles. The van der Waals surface area contributed by atoms with Crippen LogP contribution in [0.5, 0.6) is 0 Å². The van der Waals surface area contributed by atoms with E-state index in [1.54, 1.807) is 10.6 Å². The van der Waals surface area contributed by atoms with Gasteiger partial charge in [0.2, 0.25) is 0 Å². The molecular weight excluding hydrogens is 240 g/mol. The monoisotopic (exact) mass is 264 g/mol. The average Bonchev–Trinajstić information content (AvgIpc) is 2.30.